The van der Waals surface area contributed by atoms with Gasteiger partial charge in [0.1, 0.15) is 5.25 Å². The minimum absolute atomic E-state index is 0.117. The number of aromatic nitrogens is 2. The second-order valence-corrected chi connectivity index (χ2v) is 7.42. The van der Waals surface area contributed by atoms with Gasteiger partial charge in [-0.1, -0.05) is 36.3 Å². The largest absolute Gasteiger partial charge is 0.351 e. The van der Waals surface area contributed by atoms with E-state index < -0.39 is 16.0 Å². The average molecular weight is 349 g/mol. The summed E-state index contributed by atoms with van der Waals surface area (Å²) in [5.41, 5.74) is 2.16. The number of rotatable bonds is 8. The van der Waals surface area contributed by atoms with Crippen molar-refractivity contribution in [3.63, 3.8) is 0 Å². The number of hydrogen-bond donors (Lipinski definition) is 1. The van der Waals surface area contributed by atoms with Gasteiger partial charge < -0.3 is 9.84 Å². The first-order chi connectivity index (χ1) is 11.5. The van der Waals surface area contributed by atoms with E-state index in [-0.39, 0.29) is 11.7 Å². The predicted molar refractivity (Wildman–Crippen MR) is 92.6 cm³/mol. The summed E-state index contributed by atoms with van der Waals surface area (Å²) in [7, 11) is -1.40. The second kappa shape index (κ2) is 8.73. The van der Waals surface area contributed by atoms with E-state index in [1.54, 1.807) is 6.92 Å². The number of amides is 1. The molecule has 0 bridgehead atoms. The number of aryl methyl sites for hydroxylation is 2. The van der Waals surface area contributed by atoms with Crippen LogP contribution in [0.1, 0.15) is 43.1 Å². The van der Waals surface area contributed by atoms with Gasteiger partial charge in [-0.3, -0.25) is 9.00 Å². The van der Waals surface area contributed by atoms with E-state index in [0.29, 0.717) is 24.7 Å². The quantitative estimate of drug-likeness (QED) is 0.790. The lowest BCUT2D eigenvalue weighted by Crippen LogP contribution is -2.35. The SMILES string of the molecule is CCCc1nc(C[S@@](=O)[C@H](C)C(=O)NCc2ccccc2C)no1. The molecular weight excluding hydrogens is 326 g/mol. The molecule has 0 aliphatic rings. The van der Waals surface area contributed by atoms with Crippen molar-refractivity contribution in [3.05, 3.63) is 47.1 Å². The Kier molecular flexibility index (Phi) is 6.66. The molecule has 6 nitrogen and oxygen atoms in total. The summed E-state index contributed by atoms with van der Waals surface area (Å²) in [5.74, 6) is 0.803. The molecule has 2 aromatic rings. The van der Waals surface area contributed by atoms with Gasteiger partial charge in [-0.25, -0.2) is 0 Å². The van der Waals surface area contributed by atoms with E-state index in [1.165, 1.54) is 0 Å². The molecule has 0 saturated heterocycles. The van der Waals surface area contributed by atoms with Crippen LogP contribution in [0.2, 0.25) is 0 Å². The summed E-state index contributed by atoms with van der Waals surface area (Å²) in [6.07, 6.45) is 1.61. The third-order valence-electron chi connectivity index (χ3n) is 3.72. The molecule has 130 valence electrons. The van der Waals surface area contributed by atoms with Crippen molar-refractivity contribution < 1.29 is 13.5 Å². The number of benzene rings is 1. The number of carbonyl (C=O) groups excluding carboxylic acids is 1. The predicted octanol–water partition coefficient (Wildman–Crippen LogP) is 2.28. The Morgan fingerprint density at radius 2 is 2.12 bits per heavy atom. The van der Waals surface area contributed by atoms with Crippen molar-refractivity contribution in [2.24, 2.45) is 0 Å². The molecule has 0 fully saturated rings. The summed E-state index contributed by atoms with van der Waals surface area (Å²) >= 11 is 0. The third kappa shape index (κ3) is 4.99. The molecule has 0 aliphatic heterocycles. The van der Waals surface area contributed by atoms with Crippen molar-refractivity contribution in [1.29, 1.82) is 0 Å². The van der Waals surface area contributed by atoms with Crippen LogP contribution in [0.15, 0.2) is 28.8 Å². The van der Waals surface area contributed by atoms with Gasteiger partial charge in [-0.05, 0) is 31.4 Å². The van der Waals surface area contributed by atoms with Crippen molar-refractivity contribution in [2.75, 3.05) is 0 Å². The van der Waals surface area contributed by atoms with Crippen LogP contribution in [-0.4, -0.2) is 25.5 Å². The van der Waals surface area contributed by atoms with Crippen molar-refractivity contribution in [2.45, 2.75) is 51.2 Å². The summed E-state index contributed by atoms with van der Waals surface area (Å²) in [6.45, 7) is 6.09. The minimum atomic E-state index is -1.40. The molecule has 7 heteroatoms. The first kappa shape index (κ1) is 18.3. The Bertz CT molecular complexity index is 715. The Morgan fingerprint density at radius 1 is 1.38 bits per heavy atom. The highest BCUT2D eigenvalue weighted by molar-refractivity contribution is 7.85. The molecular formula is C17H23N3O3S. The van der Waals surface area contributed by atoms with Gasteiger partial charge in [0.05, 0.1) is 5.75 Å². The fraction of sp³-hybridized carbons (Fsp3) is 0.471. The smallest absolute Gasteiger partial charge is 0.235 e. The Morgan fingerprint density at radius 3 is 2.83 bits per heavy atom. The maximum Gasteiger partial charge on any atom is 0.235 e. The molecule has 0 aliphatic carbocycles. The first-order valence-electron chi connectivity index (χ1n) is 8.02. The van der Waals surface area contributed by atoms with Crippen LogP contribution in [0, 0.1) is 6.92 Å². The molecule has 1 aromatic carbocycles. The van der Waals surface area contributed by atoms with Crippen LogP contribution in [0.25, 0.3) is 0 Å². The lowest BCUT2D eigenvalue weighted by molar-refractivity contribution is -0.120. The zero-order valence-electron chi connectivity index (χ0n) is 14.2. The monoisotopic (exact) mass is 349 g/mol. The number of nitrogens with one attached hydrogen (secondary N) is 1. The van der Waals surface area contributed by atoms with E-state index in [9.17, 15) is 9.00 Å². The highest BCUT2D eigenvalue weighted by Gasteiger charge is 2.22. The molecule has 0 saturated carbocycles. The zero-order chi connectivity index (χ0) is 17.5. The van der Waals surface area contributed by atoms with E-state index in [0.717, 1.165) is 17.5 Å². The third-order valence-corrected chi connectivity index (χ3v) is 5.27. The second-order valence-electron chi connectivity index (χ2n) is 5.67. The van der Waals surface area contributed by atoms with Gasteiger partial charge in [-0.15, -0.1) is 0 Å². The van der Waals surface area contributed by atoms with Crippen LogP contribution in [0.5, 0.6) is 0 Å². The van der Waals surface area contributed by atoms with Gasteiger partial charge >= 0.3 is 0 Å². The molecule has 1 aromatic heterocycles. The highest BCUT2D eigenvalue weighted by Crippen LogP contribution is 2.09. The highest BCUT2D eigenvalue weighted by atomic mass is 32.2. The van der Waals surface area contributed by atoms with Crippen molar-refractivity contribution in [3.8, 4) is 0 Å². The molecule has 24 heavy (non-hydrogen) atoms. The number of hydrogen-bond acceptors (Lipinski definition) is 5. The zero-order valence-corrected chi connectivity index (χ0v) is 15.1. The molecule has 2 rings (SSSR count). The van der Waals surface area contributed by atoms with E-state index in [4.69, 9.17) is 4.52 Å². The normalized spacial score (nSPS) is 13.5. The van der Waals surface area contributed by atoms with Gasteiger partial charge in [0.2, 0.25) is 11.8 Å². The Hall–Kier alpha value is -2.02. The topological polar surface area (TPSA) is 85.1 Å². The number of carbonyl (C=O) groups is 1. The molecule has 0 radical (unpaired) electrons. The minimum Gasteiger partial charge on any atom is -0.351 e. The first-order valence-corrected chi connectivity index (χ1v) is 9.40. The summed E-state index contributed by atoms with van der Waals surface area (Å²) in [4.78, 5) is 16.4. The van der Waals surface area contributed by atoms with Crippen LogP contribution in [0.3, 0.4) is 0 Å². The van der Waals surface area contributed by atoms with Crippen molar-refractivity contribution in [1.82, 2.24) is 15.5 Å². The van der Waals surface area contributed by atoms with Gasteiger partial charge in [0.25, 0.3) is 0 Å². The van der Waals surface area contributed by atoms with E-state index in [2.05, 4.69) is 15.5 Å². The molecule has 1 N–H and O–H groups in total. The molecule has 1 amide bonds. The van der Waals surface area contributed by atoms with E-state index in [1.807, 2.05) is 38.1 Å². The Balaban J connectivity index is 1.87. The van der Waals surface area contributed by atoms with Crippen LogP contribution in [0.4, 0.5) is 0 Å². The van der Waals surface area contributed by atoms with Gasteiger partial charge in [0.15, 0.2) is 5.82 Å². The van der Waals surface area contributed by atoms with Crippen molar-refractivity contribution >= 4 is 16.7 Å². The fourth-order valence-corrected chi connectivity index (χ4v) is 3.11. The summed E-state index contributed by atoms with van der Waals surface area (Å²) in [6, 6.07) is 7.84. The van der Waals surface area contributed by atoms with Gasteiger partial charge in [-0.2, -0.15) is 4.98 Å². The van der Waals surface area contributed by atoms with E-state index >= 15 is 0 Å². The Labute approximate surface area is 144 Å². The fourth-order valence-electron chi connectivity index (χ4n) is 2.17. The van der Waals surface area contributed by atoms with Crippen LogP contribution >= 0.6 is 0 Å². The molecule has 1 heterocycles. The maximum atomic E-state index is 12.3. The standard InChI is InChI=1S/C17H23N3O3S/c1-4-7-16-19-15(20-23-16)11-24(22)13(3)17(21)18-10-14-9-6-5-8-12(14)2/h5-6,8-9,13H,4,7,10-11H2,1-3H3,(H,18,21)/t13-,24-/m1/s1. The lowest BCUT2D eigenvalue weighted by atomic mass is 10.1. The van der Waals surface area contributed by atoms with Gasteiger partial charge in [0, 0.05) is 23.8 Å². The molecule has 0 spiro atoms. The van der Waals surface area contributed by atoms with Crippen LogP contribution < -0.4 is 5.32 Å². The number of nitrogens with zero attached hydrogens (tertiary/aromatic N) is 2. The maximum absolute atomic E-state index is 12.3. The summed E-state index contributed by atoms with van der Waals surface area (Å²) < 4.78 is 17.4. The lowest BCUT2D eigenvalue weighted by Gasteiger charge is -2.12. The average Bonchev–Trinajstić information content (AvgIpc) is 3.00. The summed E-state index contributed by atoms with van der Waals surface area (Å²) in [5, 5.41) is 6.01. The molecule has 2 atom stereocenters. The van der Waals surface area contributed by atoms with Crippen LogP contribution in [-0.2, 0) is 34.3 Å². The molecule has 0 unspecified atom stereocenters.